The standard InChI is InChI=1S/C9H19NO3S2/c1-8-9(2)14-6-4-10(8)15(12,13)7-3-5-11/h8-9,11H,3-7H2,1-2H3. The van der Waals surface area contributed by atoms with Crippen LogP contribution >= 0.6 is 11.8 Å². The van der Waals surface area contributed by atoms with Crippen molar-refractivity contribution in [1.82, 2.24) is 4.31 Å². The van der Waals surface area contributed by atoms with Crippen LogP contribution in [0.1, 0.15) is 20.3 Å². The SMILES string of the molecule is CC1SCCN(S(=O)(=O)CCCO)C1C. The zero-order valence-electron chi connectivity index (χ0n) is 9.22. The molecule has 0 aliphatic carbocycles. The predicted molar refractivity (Wildman–Crippen MR) is 63.6 cm³/mol. The zero-order valence-corrected chi connectivity index (χ0v) is 10.9. The van der Waals surface area contributed by atoms with Crippen molar-refractivity contribution < 1.29 is 13.5 Å². The molecule has 90 valence electrons. The fourth-order valence-corrected chi connectivity index (χ4v) is 4.74. The maximum absolute atomic E-state index is 11.9. The molecular formula is C9H19NO3S2. The van der Waals surface area contributed by atoms with Crippen LogP contribution in [0.4, 0.5) is 0 Å². The summed E-state index contributed by atoms with van der Waals surface area (Å²) in [5, 5.41) is 9.01. The van der Waals surface area contributed by atoms with Crippen molar-refractivity contribution in [2.45, 2.75) is 31.6 Å². The van der Waals surface area contributed by atoms with Crippen LogP contribution < -0.4 is 0 Å². The van der Waals surface area contributed by atoms with Crippen LogP contribution in [0.2, 0.25) is 0 Å². The van der Waals surface area contributed by atoms with E-state index in [1.165, 1.54) is 0 Å². The molecule has 0 saturated carbocycles. The van der Waals surface area contributed by atoms with Crippen molar-refractivity contribution in [3.63, 3.8) is 0 Å². The highest BCUT2D eigenvalue weighted by atomic mass is 32.2. The van der Waals surface area contributed by atoms with Crippen molar-refractivity contribution in [3.8, 4) is 0 Å². The van der Waals surface area contributed by atoms with E-state index < -0.39 is 10.0 Å². The van der Waals surface area contributed by atoms with Crippen LogP contribution in [0.3, 0.4) is 0 Å². The number of aliphatic hydroxyl groups is 1. The van der Waals surface area contributed by atoms with Gasteiger partial charge >= 0.3 is 0 Å². The third kappa shape index (κ3) is 3.34. The van der Waals surface area contributed by atoms with E-state index in [4.69, 9.17) is 5.11 Å². The van der Waals surface area contributed by atoms with E-state index in [1.807, 2.05) is 18.7 Å². The van der Waals surface area contributed by atoms with Gasteiger partial charge in [-0.25, -0.2) is 8.42 Å². The zero-order chi connectivity index (χ0) is 11.5. The van der Waals surface area contributed by atoms with E-state index in [0.29, 0.717) is 18.2 Å². The second kappa shape index (κ2) is 5.52. The lowest BCUT2D eigenvalue weighted by atomic mass is 10.2. The van der Waals surface area contributed by atoms with Gasteiger partial charge < -0.3 is 5.11 Å². The molecule has 0 radical (unpaired) electrons. The summed E-state index contributed by atoms with van der Waals surface area (Å²) in [7, 11) is -3.17. The van der Waals surface area contributed by atoms with Gasteiger partial charge in [0.2, 0.25) is 10.0 Å². The largest absolute Gasteiger partial charge is 0.396 e. The lowest BCUT2D eigenvalue weighted by molar-refractivity contribution is 0.291. The van der Waals surface area contributed by atoms with E-state index in [9.17, 15) is 8.42 Å². The molecule has 15 heavy (non-hydrogen) atoms. The van der Waals surface area contributed by atoms with Crippen LogP contribution in [0.15, 0.2) is 0 Å². The van der Waals surface area contributed by atoms with Gasteiger partial charge in [0.05, 0.1) is 5.75 Å². The molecule has 2 unspecified atom stereocenters. The highest BCUT2D eigenvalue weighted by Gasteiger charge is 2.33. The average Bonchev–Trinajstić information content (AvgIpc) is 2.19. The normalized spacial score (nSPS) is 29.3. The molecule has 1 aliphatic rings. The third-order valence-corrected chi connectivity index (χ3v) is 6.12. The first-order valence-electron chi connectivity index (χ1n) is 5.21. The van der Waals surface area contributed by atoms with Crippen molar-refractivity contribution in [2.24, 2.45) is 0 Å². The summed E-state index contributed by atoms with van der Waals surface area (Å²) in [5.41, 5.74) is 0. The monoisotopic (exact) mass is 253 g/mol. The summed E-state index contributed by atoms with van der Waals surface area (Å²) in [6.45, 7) is 4.55. The van der Waals surface area contributed by atoms with Gasteiger partial charge in [0.25, 0.3) is 0 Å². The maximum Gasteiger partial charge on any atom is 0.214 e. The molecule has 0 bridgehead atoms. The topological polar surface area (TPSA) is 57.6 Å². The molecule has 0 spiro atoms. The van der Waals surface area contributed by atoms with Crippen LogP contribution in [0.25, 0.3) is 0 Å². The first-order valence-corrected chi connectivity index (χ1v) is 7.87. The summed E-state index contributed by atoms with van der Waals surface area (Å²) in [5.74, 6) is 0.926. The Balaban J connectivity index is 2.68. The molecule has 0 amide bonds. The molecule has 6 heteroatoms. The first kappa shape index (κ1) is 13.3. The Labute approximate surface area is 96.1 Å². The molecule has 4 nitrogen and oxygen atoms in total. The van der Waals surface area contributed by atoms with Crippen LogP contribution in [0, 0.1) is 0 Å². The van der Waals surface area contributed by atoms with Gasteiger partial charge in [0, 0.05) is 30.2 Å². The summed E-state index contributed by atoms with van der Waals surface area (Å²) >= 11 is 1.81. The number of sulfonamides is 1. The minimum Gasteiger partial charge on any atom is -0.396 e. The quantitative estimate of drug-likeness (QED) is 0.794. The second-order valence-electron chi connectivity index (χ2n) is 3.82. The minimum atomic E-state index is -3.17. The Bertz CT molecular complexity index is 292. The highest BCUT2D eigenvalue weighted by Crippen LogP contribution is 2.26. The molecule has 1 N–H and O–H groups in total. The number of hydrogen-bond acceptors (Lipinski definition) is 4. The molecule has 1 saturated heterocycles. The van der Waals surface area contributed by atoms with Gasteiger partial charge in [-0.3, -0.25) is 0 Å². The lowest BCUT2D eigenvalue weighted by Crippen LogP contribution is -2.48. The third-order valence-electron chi connectivity index (χ3n) is 2.74. The summed E-state index contributed by atoms with van der Waals surface area (Å²) < 4.78 is 25.4. The molecule has 1 aliphatic heterocycles. The summed E-state index contributed by atoms with van der Waals surface area (Å²) in [6, 6.07) is 0.0624. The van der Waals surface area contributed by atoms with Gasteiger partial charge in [0.15, 0.2) is 0 Å². The van der Waals surface area contributed by atoms with Crippen molar-refractivity contribution >= 4 is 21.8 Å². The van der Waals surface area contributed by atoms with E-state index in [1.54, 1.807) is 4.31 Å². The fraction of sp³-hybridized carbons (Fsp3) is 1.00. The van der Waals surface area contributed by atoms with Crippen molar-refractivity contribution in [2.75, 3.05) is 24.7 Å². The average molecular weight is 253 g/mol. The molecule has 1 heterocycles. The molecule has 0 aromatic carbocycles. The highest BCUT2D eigenvalue weighted by molar-refractivity contribution is 8.00. The molecule has 1 fully saturated rings. The van der Waals surface area contributed by atoms with Gasteiger partial charge in [0.1, 0.15) is 0 Å². The van der Waals surface area contributed by atoms with Crippen LogP contribution in [-0.4, -0.2) is 53.8 Å². The Morgan fingerprint density at radius 2 is 2.13 bits per heavy atom. The molecule has 2 atom stereocenters. The number of aliphatic hydroxyl groups excluding tert-OH is 1. The van der Waals surface area contributed by atoms with E-state index >= 15 is 0 Å². The van der Waals surface area contributed by atoms with Gasteiger partial charge in [-0.15, -0.1) is 0 Å². The van der Waals surface area contributed by atoms with Crippen molar-refractivity contribution in [3.05, 3.63) is 0 Å². The van der Waals surface area contributed by atoms with E-state index in [-0.39, 0.29) is 18.4 Å². The Morgan fingerprint density at radius 3 is 2.73 bits per heavy atom. The second-order valence-corrected chi connectivity index (χ2v) is 7.35. The number of rotatable bonds is 4. The molecule has 1 rings (SSSR count). The van der Waals surface area contributed by atoms with E-state index in [0.717, 1.165) is 5.75 Å². The Morgan fingerprint density at radius 1 is 1.47 bits per heavy atom. The molecule has 0 aromatic heterocycles. The van der Waals surface area contributed by atoms with Crippen molar-refractivity contribution in [1.29, 1.82) is 0 Å². The van der Waals surface area contributed by atoms with Gasteiger partial charge in [-0.05, 0) is 13.3 Å². The van der Waals surface area contributed by atoms with Crippen LogP contribution in [0.5, 0.6) is 0 Å². The molecular weight excluding hydrogens is 234 g/mol. The van der Waals surface area contributed by atoms with Crippen LogP contribution in [-0.2, 0) is 10.0 Å². The van der Waals surface area contributed by atoms with Gasteiger partial charge in [-0.2, -0.15) is 16.1 Å². The van der Waals surface area contributed by atoms with Gasteiger partial charge in [-0.1, -0.05) is 6.92 Å². The predicted octanol–water partition coefficient (Wildman–Crippen LogP) is 0.524. The number of nitrogens with zero attached hydrogens (tertiary/aromatic N) is 1. The summed E-state index contributed by atoms with van der Waals surface area (Å²) in [4.78, 5) is 0. The minimum absolute atomic E-state index is 0.0607. The number of thioether (sulfide) groups is 1. The Kier molecular flexibility index (Phi) is 4.89. The summed E-state index contributed by atoms with van der Waals surface area (Å²) in [6.07, 6.45) is 0.326. The smallest absolute Gasteiger partial charge is 0.214 e. The van der Waals surface area contributed by atoms with E-state index in [2.05, 4.69) is 6.92 Å². The lowest BCUT2D eigenvalue weighted by Gasteiger charge is -2.36. The number of hydrogen-bond donors (Lipinski definition) is 1. The Hall–Kier alpha value is 0.220. The molecule has 0 aromatic rings. The fourth-order valence-electron chi connectivity index (χ4n) is 1.66. The first-order chi connectivity index (χ1) is 6.99. The maximum atomic E-state index is 11.9.